The fourth-order valence-electron chi connectivity index (χ4n) is 2.26. The molecule has 1 aromatic carbocycles. The van der Waals surface area contributed by atoms with Gasteiger partial charge < -0.3 is 5.32 Å². The average molecular weight is 233 g/mol. The van der Waals surface area contributed by atoms with Crippen LogP contribution < -0.4 is 5.32 Å². The highest BCUT2D eigenvalue weighted by Crippen LogP contribution is 2.24. The van der Waals surface area contributed by atoms with Gasteiger partial charge in [-0.2, -0.15) is 5.26 Å². The second-order valence-electron chi connectivity index (χ2n) is 4.16. The van der Waals surface area contributed by atoms with Crippen molar-refractivity contribution in [3.63, 3.8) is 0 Å². The summed E-state index contributed by atoms with van der Waals surface area (Å²) in [6.07, 6.45) is 0. The third-order valence-electron chi connectivity index (χ3n) is 3.18. The molecule has 0 saturated carbocycles. The SMILES string of the molecule is N#Cc1ccccc1[C@@H](CF)N1CCNCC1. The molecule has 2 rings (SSSR count). The van der Waals surface area contributed by atoms with Crippen molar-refractivity contribution in [3.8, 4) is 6.07 Å². The maximum Gasteiger partial charge on any atom is 0.109 e. The lowest BCUT2D eigenvalue weighted by molar-refractivity contribution is 0.147. The second-order valence-corrected chi connectivity index (χ2v) is 4.16. The van der Waals surface area contributed by atoms with E-state index in [0.717, 1.165) is 31.7 Å². The van der Waals surface area contributed by atoms with Gasteiger partial charge in [0.05, 0.1) is 17.7 Å². The maximum atomic E-state index is 13.3. The van der Waals surface area contributed by atoms with Crippen LogP contribution in [-0.4, -0.2) is 37.8 Å². The Morgan fingerprint density at radius 3 is 2.71 bits per heavy atom. The van der Waals surface area contributed by atoms with Gasteiger partial charge in [0.25, 0.3) is 0 Å². The highest BCUT2D eigenvalue weighted by Gasteiger charge is 2.23. The van der Waals surface area contributed by atoms with E-state index in [1.54, 1.807) is 6.07 Å². The minimum atomic E-state index is -0.446. The summed E-state index contributed by atoms with van der Waals surface area (Å²) in [5, 5.41) is 12.3. The molecule has 0 aliphatic carbocycles. The van der Waals surface area contributed by atoms with Gasteiger partial charge in [0.1, 0.15) is 6.67 Å². The molecule has 1 heterocycles. The van der Waals surface area contributed by atoms with E-state index in [1.165, 1.54) is 0 Å². The lowest BCUT2D eigenvalue weighted by Gasteiger charge is -2.34. The molecule has 3 nitrogen and oxygen atoms in total. The number of benzene rings is 1. The van der Waals surface area contributed by atoms with Crippen LogP contribution >= 0.6 is 0 Å². The number of hydrogen-bond donors (Lipinski definition) is 1. The van der Waals surface area contributed by atoms with E-state index < -0.39 is 6.67 Å². The number of nitrogens with one attached hydrogen (secondary N) is 1. The molecule has 1 N–H and O–H groups in total. The molecule has 0 amide bonds. The summed E-state index contributed by atoms with van der Waals surface area (Å²) >= 11 is 0. The normalized spacial score (nSPS) is 18.6. The largest absolute Gasteiger partial charge is 0.314 e. The van der Waals surface area contributed by atoms with Gasteiger partial charge in [-0.25, -0.2) is 4.39 Å². The molecule has 0 unspecified atom stereocenters. The van der Waals surface area contributed by atoms with Crippen LogP contribution in [0.1, 0.15) is 17.2 Å². The van der Waals surface area contributed by atoms with Gasteiger partial charge in [-0.3, -0.25) is 4.90 Å². The third kappa shape index (κ3) is 2.63. The van der Waals surface area contributed by atoms with Crippen molar-refractivity contribution in [3.05, 3.63) is 35.4 Å². The van der Waals surface area contributed by atoms with Crippen LogP contribution in [0.5, 0.6) is 0 Å². The third-order valence-corrected chi connectivity index (χ3v) is 3.18. The highest BCUT2D eigenvalue weighted by molar-refractivity contribution is 5.39. The Kier molecular flexibility index (Phi) is 4.08. The first-order valence-electron chi connectivity index (χ1n) is 5.86. The smallest absolute Gasteiger partial charge is 0.109 e. The van der Waals surface area contributed by atoms with Crippen LogP contribution in [0.15, 0.2) is 24.3 Å². The fourth-order valence-corrected chi connectivity index (χ4v) is 2.26. The predicted octanol–water partition coefficient (Wildman–Crippen LogP) is 1.47. The number of nitriles is 1. The van der Waals surface area contributed by atoms with E-state index >= 15 is 0 Å². The zero-order valence-corrected chi connectivity index (χ0v) is 9.69. The summed E-state index contributed by atoms with van der Waals surface area (Å²) < 4.78 is 13.3. The highest BCUT2D eigenvalue weighted by atomic mass is 19.1. The molecule has 0 radical (unpaired) electrons. The fraction of sp³-hybridized carbons (Fsp3) is 0.462. The number of hydrogen-bond acceptors (Lipinski definition) is 3. The van der Waals surface area contributed by atoms with Crippen LogP contribution in [0, 0.1) is 11.3 Å². The van der Waals surface area contributed by atoms with Gasteiger partial charge >= 0.3 is 0 Å². The molecule has 0 aromatic heterocycles. The predicted molar refractivity (Wildman–Crippen MR) is 64.3 cm³/mol. The zero-order chi connectivity index (χ0) is 12.1. The zero-order valence-electron chi connectivity index (χ0n) is 9.69. The first-order valence-corrected chi connectivity index (χ1v) is 5.86. The van der Waals surface area contributed by atoms with E-state index in [9.17, 15) is 4.39 Å². The molecule has 0 spiro atoms. The Balaban J connectivity index is 2.25. The molecule has 1 atom stereocenters. The van der Waals surface area contributed by atoms with Crippen LogP contribution in [0.2, 0.25) is 0 Å². The Bertz CT molecular complexity index is 407. The molecule has 1 saturated heterocycles. The van der Waals surface area contributed by atoms with Gasteiger partial charge in [-0.1, -0.05) is 18.2 Å². The van der Waals surface area contributed by atoms with E-state index in [1.807, 2.05) is 18.2 Å². The van der Waals surface area contributed by atoms with Crippen molar-refractivity contribution >= 4 is 0 Å². The minimum Gasteiger partial charge on any atom is -0.314 e. The number of rotatable bonds is 3. The topological polar surface area (TPSA) is 39.1 Å². The van der Waals surface area contributed by atoms with E-state index in [0.29, 0.717) is 5.56 Å². The Morgan fingerprint density at radius 2 is 2.06 bits per heavy atom. The molecule has 1 aliphatic heterocycles. The standard InChI is InChI=1S/C13H16FN3/c14-9-13(17-7-5-16-6-8-17)12-4-2-1-3-11(12)10-15/h1-4,13,16H,5-9H2/t13-/m1/s1. The molecular weight excluding hydrogens is 217 g/mol. The first-order chi connectivity index (χ1) is 8.36. The Hall–Kier alpha value is -1.44. The van der Waals surface area contributed by atoms with Gasteiger partial charge in [-0.15, -0.1) is 0 Å². The summed E-state index contributed by atoms with van der Waals surface area (Å²) in [4.78, 5) is 2.10. The van der Waals surface area contributed by atoms with Crippen molar-refractivity contribution in [2.75, 3.05) is 32.9 Å². The minimum absolute atomic E-state index is 0.284. The summed E-state index contributed by atoms with van der Waals surface area (Å²) in [5.74, 6) is 0. The molecule has 1 fully saturated rings. The van der Waals surface area contributed by atoms with Crippen molar-refractivity contribution in [2.45, 2.75) is 6.04 Å². The lowest BCUT2D eigenvalue weighted by Crippen LogP contribution is -2.45. The van der Waals surface area contributed by atoms with Gasteiger partial charge in [-0.05, 0) is 11.6 Å². The molecule has 4 heteroatoms. The van der Waals surface area contributed by atoms with E-state index in [2.05, 4.69) is 16.3 Å². The van der Waals surface area contributed by atoms with Crippen LogP contribution in [0.25, 0.3) is 0 Å². The van der Waals surface area contributed by atoms with E-state index in [-0.39, 0.29) is 6.04 Å². The molecule has 1 aliphatic rings. The van der Waals surface area contributed by atoms with Crippen molar-refractivity contribution in [2.24, 2.45) is 0 Å². The van der Waals surface area contributed by atoms with Crippen LogP contribution in [0.4, 0.5) is 4.39 Å². The second kappa shape index (κ2) is 5.76. The Labute approximate surface area is 101 Å². The maximum absolute atomic E-state index is 13.3. The molecule has 17 heavy (non-hydrogen) atoms. The van der Waals surface area contributed by atoms with Gasteiger partial charge in [0.2, 0.25) is 0 Å². The first kappa shape index (κ1) is 12.0. The monoisotopic (exact) mass is 233 g/mol. The van der Waals surface area contributed by atoms with Crippen LogP contribution in [0.3, 0.4) is 0 Å². The quantitative estimate of drug-likeness (QED) is 0.859. The lowest BCUT2D eigenvalue weighted by atomic mass is 10.00. The number of nitrogens with zero attached hydrogens (tertiary/aromatic N) is 2. The molecule has 0 bridgehead atoms. The van der Waals surface area contributed by atoms with E-state index in [4.69, 9.17) is 5.26 Å². The summed E-state index contributed by atoms with van der Waals surface area (Å²) in [7, 11) is 0. The number of piperazine rings is 1. The van der Waals surface area contributed by atoms with Crippen molar-refractivity contribution in [1.29, 1.82) is 5.26 Å². The van der Waals surface area contributed by atoms with Gasteiger partial charge in [0, 0.05) is 26.2 Å². The summed E-state index contributed by atoms with van der Waals surface area (Å²) in [6.45, 7) is 2.97. The summed E-state index contributed by atoms with van der Waals surface area (Å²) in [6, 6.07) is 9.14. The van der Waals surface area contributed by atoms with Gasteiger partial charge in [0.15, 0.2) is 0 Å². The van der Waals surface area contributed by atoms with Crippen molar-refractivity contribution in [1.82, 2.24) is 10.2 Å². The Morgan fingerprint density at radius 1 is 1.35 bits per heavy atom. The van der Waals surface area contributed by atoms with Crippen molar-refractivity contribution < 1.29 is 4.39 Å². The molecule has 90 valence electrons. The number of halogens is 1. The molecular formula is C13H16FN3. The average Bonchev–Trinajstić information content (AvgIpc) is 2.41. The number of alkyl halides is 1. The molecule has 1 aromatic rings. The summed E-state index contributed by atoms with van der Waals surface area (Å²) in [5.41, 5.74) is 1.38. The van der Waals surface area contributed by atoms with Crippen LogP contribution in [-0.2, 0) is 0 Å².